The normalized spacial score (nSPS) is 20.5. The lowest BCUT2D eigenvalue weighted by Crippen LogP contribution is -2.65. The highest BCUT2D eigenvalue weighted by atomic mass is 16.5. The Morgan fingerprint density at radius 1 is 0.723 bits per heavy atom. The number of nitrogens with zero attached hydrogens (tertiary/aromatic N) is 6. The zero-order valence-corrected chi connectivity index (χ0v) is 27.6. The molecule has 2 bridgehead atoms. The van der Waals surface area contributed by atoms with Crippen molar-refractivity contribution in [3.8, 4) is 11.5 Å². The van der Waals surface area contributed by atoms with Crippen LogP contribution in [0.25, 0.3) is 0 Å². The van der Waals surface area contributed by atoms with Crippen LogP contribution in [0.2, 0.25) is 0 Å². The van der Waals surface area contributed by atoms with Crippen molar-refractivity contribution in [3.05, 3.63) is 95.6 Å². The molecular formula is C35H44N8O4. The van der Waals surface area contributed by atoms with E-state index in [0.29, 0.717) is 52.4 Å². The summed E-state index contributed by atoms with van der Waals surface area (Å²) in [6.45, 7) is 8.67. The van der Waals surface area contributed by atoms with Gasteiger partial charge in [0.05, 0.1) is 27.3 Å². The third-order valence-corrected chi connectivity index (χ3v) is 9.08. The Kier molecular flexibility index (Phi) is 9.10. The summed E-state index contributed by atoms with van der Waals surface area (Å²) >= 11 is 0. The molecule has 0 radical (unpaired) electrons. The second-order valence-electron chi connectivity index (χ2n) is 13.5. The summed E-state index contributed by atoms with van der Waals surface area (Å²) in [6, 6.07) is 15.5. The van der Waals surface area contributed by atoms with Gasteiger partial charge in [-0.25, -0.2) is 9.59 Å². The van der Waals surface area contributed by atoms with E-state index in [0.717, 1.165) is 40.2 Å². The Labute approximate surface area is 275 Å². The molecule has 2 aliphatic heterocycles. The van der Waals surface area contributed by atoms with E-state index in [-0.39, 0.29) is 22.9 Å². The Hall–Kier alpha value is -5.00. The number of aromatic nitrogens is 4. The fraction of sp³-hybridized carbons (Fsp3) is 0.429. The van der Waals surface area contributed by atoms with E-state index in [2.05, 4.69) is 46.8 Å². The number of rotatable bonds is 10. The number of hydrogen-bond donors (Lipinski definition) is 2. The molecule has 12 nitrogen and oxygen atoms in total. The molecule has 0 saturated carbocycles. The molecule has 0 aliphatic carbocycles. The standard InChI is InChI=1S/C35H44N8O4/c1-34-21-35(2,24-40(22-34)32(44)36-17-26-7-9-30(46-3)28(15-26)19-42-13-5-11-38-42)25-41(23-34)33(45)37-18-27-8-10-31(47-4)29(16-27)20-43-14-6-12-39-43/h5-16H,17-25H2,1-4H3,(H,36,44)(H,37,45). The van der Waals surface area contributed by atoms with E-state index in [4.69, 9.17) is 9.47 Å². The maximum Gasteiger partial charge on any atom is 0.317 e. The van der Waals surface area contributed by atoms with Crippen LogP contribution in [0.15, 0.2) is 73.3 Å². The fourth-order valence-corrected chi connectivity index (χ4v) is 7.44. The summed E-state index contributed by atoms with van der Waals surface area (Å²) in [7, 11) is 3.31. The van der Waals surface area contributed by atoms with E-state index < -0.39 is 0 Å². The van der Waals surface area contributed by atoms with Gasteiger partial charge >= 0.3 is 12.1 Å². The highest BCUT2D eigenvalue weighted by Crippen LogP contribution is 2.45. The van der Waals surface area contributed by atoms with Crippen LogP contribution < -0.4 is 20.1 Å². The third-order valence-electron chi connectivity index (χ3n) is 9.08. The van der Waals surface area contributed by atoms with Gasteiger partial charge in [-0.05, 0) is 53.9 Å². The Morgan fingerprint density at radius 2 is 1.15 bits per heavy atom. The van der Waals surface area contributed by atoms with Crippen molar-refractivity contribution in [2.45, 2.75) is 46.4 Å². The Balaban J connectivity index is 1.04. The summed E-state index contributed by atoms with van der Waals surface area (Å²) in [5, 5.41) is 14.9. The van der Waals surface area contributed by atoms with Crippen molar-refractivity contribution < 1.29 is 19.1 Å². The molecule has 4 aromatic rings. The van der Waals surface area contributed by atoms with Gasteiger partial charge in [-0.15, -0.1) is 0 Å². The van der Waals surface area contributed by atoms with E-state index in [9.17, 15) is 9.59 Å². The van der Waals surface area contributed by atoms with E-state index >= 15 is 0 Å². The molecule has 0 spiro atoms. The predicted molar refractivity (Wildman–Crippen MR) is 177 cm³/mol. The van der Waals surface area contributed by atoms with Gasteiger partial charge in [0.2, 0.25) is 0 Å². The summed E-state index contributed by atoms with van der Waals surface area (Å²) in [4.78, 5) is 30.8. The minimum atomic E-state index is -0.214. The summed E-state index contributed by atoms with van der Waals surface area (Å²) in [5.41, 5.74) is 3.54. The Morgan fingerprint density at radius 3 is 1.51 bits per heavy atom. The molecule has 0 unspecified atom stereocenters. The molecule has 248 valence electrons. The minimum absolute atomic E-state index is 0.0880. The van der Waals surface area contributed by atoms with Crippen LogP contribution >= 0.6 is 0 Å². The number of carbonyl (C=O) groups excluding carboxylic acids is 2. The van der Waals surface area contributed by atoms with Gasteiger partial charge in [-0.1, -0.05) is 26.0 Å². The number of benzene rings is 2. The zero-order valence-electron chi connectivity index (χ0n) is 27.6. The number of carbonyl (C=O) groups is 2. The SMILES string of the molecule is COc1ccc(CNC(=O)N2CC3(C)CN(C(=O)NCc4ccc(OC)c(Cn5cccn5)c4)CC(C)(C2)C3)cc1Cn1cccn1. The van der Waals surface area contributed by atoms with Crippen molar-refractivity contribution in [1.29, 1.82) is 0 Å². The number of hydrogen-bond acceptors (Lipinski definition) is 6. The van der Waals surface area contributed by atoms with Crippen LogP contribution in [0.1, 0.15) is 42.5 Å². The lowest BCUT2D eigenvalue weighted by Gasteiger charge is -2.56. The van der Waals surface area contributed by atoms with Crippen LogP contribution in [0.3, 0.4) is 0 Å². The van der Waals surface area contributed by atoms with Crippen molar-refractivity contribution >= 4 is 12.1 Å². The van der Waals surface area contributed by atoms with Crippen LogP contribution in [0.4, 0.5) is 9.59 Å². The van der Waals surface area contributed by atoms with Gasteiger partial charge in [0.25, 0.3) is 0 Å². The highest BCUT2D eigenvalue weighted by molar-refractivity contribution is 5.76. The van der Waals surface area contributed by atoms with Gasteiger partial charge in [0.15, 0.2) is 0 Å². The van der Waals surface area contributed by atoms with Gasteiger partial charge in [0, 0.05) is 86.0 Å². The zero-order chi connectivity index (χ0) is 33.0. The number of fused-ring (bicyclic) bond motifs is 2. The smallest absolute Gasteiger partial charge is 0.317 e. The first-order chi connectivity index (χ1) is 22.6. The Bertz CT molecular complexity index is 1550. The van der Waals surface area contributed by atoms with Crippen LogP contribution in [-0.4, -0.2) is 81.8 Å². The average Bonchev–Trinajstić information content (AvgIpc) is 3.76. The molecular weight excluding hydrogens is 596 g/mol. The highest BCUT2D eigenvalue weighted by Gasteiger charge is 2.50. The average molecular weight is 641 g/mol. The van der Waals surface area contributed by atoms with Crippen LogP contribution in [0, 0.1) is 10.8 Å². The number of likely N-dealkylation sites (tertiary alicyclic amines) is 2. The van der Waals surface area contributed by atoms with E-state index in [1.165, 1.54) is 0 Å². The lowest BCUT2D eigenvalue weighted by molar-refractivity contribution is -0.0442. The first kappa shape index (κ1) is 32.0. The quantitative estimate of drug-likeness (QED) is 0.266. The molecule has 12 heteroatoms. The lowest BCUT2D eigenvalue weighted by atomic mass is 9.65. The number of nitrogens with one attached hydrogen (secondary N) is 2. The molecule has 2 saturated heterocycles. The fourth-order valence-electron chi connectivity index (χ4n) is 7.44. The summed E-state index contributed by atoms with van der Waals surface area (Å²) < 4.78 is 14.8. The number of amides is 4. The van der Waals surface area contributed by atoms with Crippen molar-refractivity contribution in [2.75, 3.05) is 40.4 Å². The molecule has 2 aromatic heterocycles. The second-order valence-corrected chi connectivity index (χ2v) is 13.5. The summed E-state index contributed by atoms with van der Waals surface area (Å²) in [5.74, 6) is 1.57. The van der Waals surface area contributed by atoms with Crippen LogP contribution in [-0.2, 0) is 26.2 Å². The van der Waals surface area contributed by atoms with Crippen LogP contribution in [0.5, 0.6) is 11.5 Å². The summed E-state index contributed by atoms with van der Waals surface area (Å²) in [6.07, 6.45) is 8.28. The minimum Gasteiger partial charge on any atom is -0.496 e. The second kappa shape index (κ2) is 13.4. The molecule has 47 heavy (non-hydrogen) atoms. The van der Waals surface area contributed by atoms with E-state index in [1.807, 2.05) is 68.0 Å². The monoisotopic (exact) mass is 640 g/mol. The molecule has 4 heterocycles. The third kappa shape index (κ3) is 7.53. The number of urea groups is 2. The van der Waals surface area contributed by atoms with Gasteiger partial charge in [0.1, 0.15) is 11.5 Å². The topological polar surface area (TPSA) is 119 Å². The molecule has 2 aromatic carbocycles. The van der Waals surface area contributed by atoms with Crippen molar-refractivity contribution in [1.82, 2.24) is 40.0 Å². The van der Waals surface area contributed by atoms with E-state index in [1.54, 1.807) is 26.6 Å². The number of methoxy groups -OCH3 is 2. The largest absolute Gasteiger partial charge is 0.496 e. The molecule has 0 atom stereocenters. The molecule has 2 aliphatic rings. The van der Waals surface area contributed by atoms with Gasteiger partial charge < -0.3 is 29.9 Å². The molecule has 6 rings (SSSR count). The number of ether oxygens (including phenoxy) is 2. The van der Waals surface area contributed by atoms with Gasteiger partial charge in [-0.2, -0.15) is 10.2 Å². The number of piperidine rings is 2. The van der Waals surface area contributed by atoms with Crippen molar-refractivity contribution in [2.24, 2.45) is 10.8 Å². The molecule has 2 fully saturated rings. The van der Waals surface area contributed by atoms with Gasteiger partial charge in [-0.3, -0.25) is 9.36 Å². The maximum absolute atomic E-state index is 13.5. The molecule has 2 N–H and O–H groups in total. The predicted octanol–water partition coefficient (Wildman–Crippen LogP) is 4.35. The first-order valence-corrected chi connectivity index (χ1v) is 16.0. The first-order valence-electron chi connectivity index (χ1n) is 16.0. The van der Waals surface area contributed by atoms with Crippen molar-refractivity contribution in [3.63, 3.8) is 0 Å². The molecule has 4 amide bonds. The maximum atomic E-state index is 13.5.